The molecule has 1 heterocycles. The molecule has 2 aromatic carbocycles. The van der Waals surface area contributed by atoms with Crippen LogP contribution < -0.4 is 0 Å². The van der Waals surface area contributed by atoms with Crippen LogP contribution in [0.1, 0.15) is 0 Å². The van der Waals surface area contributed by atoms with Crippen LogP contribution in [0, 0.1) is 5.95 Å². The van der Waals surface area contributed by atoms with E-state index < -0.39 is 5.95 Å². The predicted octanol–water partition coefficient (Wildman–Crippen LogP) is 11.1. The van der Waals surface area contributed by atoms with Gasteiger partial charge in [0.15, 0.2) is 0 Å². The summed E-state index contributed by atoms with van der Waals surface area (Å²) in [4.78, 5) is 3.72. The number of benzene rings is 2. The molecule has 0 amide bonds. The van der Waals surface area contributed by atoms with Crippen molar-refractivity contribution in [1.82, 2.24) is 4.98 Å². The summed E-state index contributed by atoms with van der Waals surface area (Å²) in [6.45, 7) is 0. The number of hydrogen-bond donors (Lipinski definition) is 0. The summed E-state index contributed by atoms with van der Waals surface area (Å²) in [5.41, 5.74) is 0.288. The first-order valence-electron chi connectivity index (χ1n) is 7.18. The molecule has 12 heteroatoms. The Morgan fingerprint density at radius 2 is 0.862 bits per heavy atom. The van der Waals surface area contributed by atoms with Crippen molar-refractivity contribution in [1.29, 1.82) is 0 Å². The molecule has 1 aromatic heterocycles. The lowest BCUT2D eigenvalue weighted by atomic mass is 10.0. The first-order chi connectivity index (χ1) is 13.5. The van der Waals surface area contributed by atoms with Gasteiger partial charge in [-0.3, -0.25) is 0 Å². The topological polar surface area (TPSA) is 12.9 Å². The molecule has 152 valence electrons. The van der Waals surface area contributed by atoms with E-state index in [1.807, 2.05) is 0 Å². The molecule has 0 aliphatic heterocycles. The second-order valence-electron chi connectivity index (χ2n) is 5.45. The Bertz CT molecular complexity index is 1120. The number of hydrogen-bond acceptors (Lipinski definition) is 1. The van der Waals surface area contributed by atoms with Gasteiger partial charge in [0.2, 0.25) is 5.95 Å². The predicted molar refractivity (Wildman–Crippen MR) is 125 cm³/mol. The Labute approximate surface area is 214 Å². The van der Waals surface area contributed by atoms with Crippen LogP contribution in [0.25, 0.3) is 22.3 Å². The molecule has 0 unspecified atom stereocenters. The Morgan fingerprint density at radius 1 is 0.517 bits per heavy atom. The van der Waals surface area contributed by atoms with Crippen molar-refractivity contribution < 1.29 is 4.39 Å². The first kappa shape index (κ1) is 24.1. The highest BCUT2D eigenvalue weighted by Gasteiger charge is 2.25. The Balaban J connectivity index is 2.37. The number of nitrogens with zero attached hydrogens (tertiary/aromatic N) is 1. The van der Waals surface area contributed by atoms with E-state index in [9.17, 15) is 4.39 Å². The molecule has 0 aliphatic rings. The van der Waals surface area contributed by atoms with Crippen molar-refractivity contribution in [3.05, 3.63) is 68.4 Å². The van der Waals surface area contributed by atoms with Crippen LogP contribution in [0.3, 0.4) is 0 Å². The summed E-state index contributed by atoms with van der Waals surface area (Å²) in [5.74, 6) is -0.912. The van der Waals surface area contributed by atoms with Crippen molar-refractivity contribution >= 4 is 116 Å². The molecule has 3 aromatic rings. The second-order valence-corrected chi connectivity index (χ2v) is 9.23. The summed E-state index contributed by atoms with van der Waals surface area (Å²) in [6, 6.07) is 1.34. The first-order valence-corrected chi connectivity index (χ1v) is 11.0. The molecule has 0 saturated heterocycles. The van der Waals surface area contributed by atoms with Crippen molar-refractivity contribution in [3.63, 3.8) is 0 Å². The summed E-state index contributed by atoms with van der Waals surface area (Å²) >= 11 is 61.5. The van der Waals surface area contributed by atoms with Gasteiger partial charge >= 0.3 is 0 Å². The van der Waals surface area contributed by atoms with Gasteiger partial charge < -0.3 is 0 Å². The molecular weight excluding hydrogens is 592 g/mol. The number of halogens is 11. The monoisotopic (exact) mass is 589 g/mol. The van der Waals surface area contributed by atoms with Gasteiger partial charge in [0.1, 0.15) is 0 Å². The summed E-state index contributed by atoms with van der Waals surface area (Å²) in [6.07, 6.45) is 1.17. The molecule has 1 nitrogen and oxygen atoms in total. The van der Waals surface area contributed by atoms with Gasteiger partial charge in [-0.05, 0) is 6.07 Å². The Hall–Kier alpha value is 0.420. The maximum Gasteiger partial charge on any atom is 0.220 e. The highest BCUT2D eigenvalue weighted by molar-refractivity contribution is 6.57. The lowest BCUT2D eigenvalue weighted by molar-refractivity contribution is 0.588. The zero-order valence-electron chi connectivity index (χ0n) is 13.3. The van der Waals surface area contributed by atoms with Crippen LogP contribution in [-0.2, 0) is 0 Å². The fourth-order valence-electron chi connectivity index (χ4n) is 2.46. The van der Waals surface area contributed by atoms with Crippen molar-refractivity contribution in [2.75, 3.05) is 0 Å². The molecule has 0 fully saturated rings. The van der Waals surface area contributed by atoms with Gasteiger partial charge in [0.05, 0.1) is 50.2 Å². The van der Waals surface area contributed by atoms with Gasteiger partial charge in [-0.2, -0.15) is 4.39 Å². The number of pyridine rings is 1. The number of rotatable bonds is 2. The van der Waals surface area contributed by atoms with Gasteiger partial charge in [0, 0.05) is 28.5 Å². The average Bonchev–Trinajstić information content (AvgIpc) is 2.70. The molecule has 0 spiro atoms. The van der Waals surface area contributed by atoms with Crippen molar-refractivity contribution in [2.45, 2.75) is 0 Å². The maximum absolute atomic E-state index is 14.6. The highest BCUT2D eigenvalue weighted by Crippen LogP contribution is 2.51. The molecule has 0 saturated carbocycles. The van der Waals surface area contributed by atoms with Crippen LogP contribution in [-0.4, -0.2) is 4.98 Å². The molecule has 0 bridgehead atoms. The van der Waals surface area contributed by atoms with E-state index >= 15 is 0 Å². The van der Waals surface area contributed by atoms with E-state index in [1.165, 1.54) is 12.3 Å². The molecule has 0 aliphatic carbocycles. The smallest absolute Gasteiger partial charge is 0.220 e. The SMILES string of the molecule is Fc1ncc(-c2c(Cl)c(Cl)c(Cl)c(Cl)c2Cl)cc1-c1c(Cl)c(Cl)c(Cl)c(Cl)c1Cl. The molecule has 0 radical (unpaired) electrons. The van der Waals surface area contributed by atoms with Crippen LogP contribution in [0.5, 0.6) is 0 Å². The third kappa shape index (κ3) is 4.12. The zero-order chi connectivity index (χ0) is 21.8. The van der Waals surface area contributed by atoms with Gasteiger partial charge in [-0.1, -0.05) is 116 Å². The number of aromatic nitrogens is 1. The summed E-state index contributed by atoms with van der Waals surface area (Å²) < 4.78 is 14.6. The fourth-order valence-corrected chi connectivity index (χ4v) is 5.16. The van der Waals surface area contributed by atoms with Gasteiger partial charge in [-0.25, -0.2) is 4.98 Å². The van der Waals surface area contributed by atoms with Crippen LogP contribution in [0.4, 0.5) is 4.39 Å². The van der Waals surface area contributed by atoms with Crippen LogP contribution in [0.15, 0.2) is 12.3 Å². The van der Waals surface area contributed by atoms with Gasteiger partial charge in [-0.15, -0.1) is 0 Å². The van der Waals surface area contributed by atoms with E-state index in [1.54, 1.807) is 0 Å². The van der Waals surface area contributed by atoms with Gasteiger partial charge in [0.25, 0.3) is 0 Å². The minimum atomic E-state index is -0.912. The highest BCUT2D eigenvalue weighted by atomic mass is 35.5. The molecule has 0 N–H and O–H groups in total. The molecule has 0 atom stereocenters. The molecule has 3 rings (SSSR count). The minimum Gasteiger partial charge on any atom is -0.227 e. The molecule has 29 heavy (non-hydrogen) atoms. The standard InChI is InChI=1S/C17H2Cl10FN/c18-7-5(8(19)12(23)15(26)11(7)22)3-1-4(17(28)29-2-3)6-9(20)13(24)16(27)14(25)10(6)21/h1-2H. The van der Waals surface area contributed by atoms with Crippen LogP contribution in [0.2, 0.25) is 50.2 Å². The maximum atomic E-state index is 14.6. The Kier molecular flexibility index (Phi) is 7.56. The second kappa shape index (κ2) is 9.11. The van der Waals surface area contributed by atoms with Crippen molar-refractivity contribution in [3.8, 4) is 22.3 Å². The zero-order valence-corrected chi connectivity index (χ0v) is 20.8. The largest absolute Gasteiger partial charge is 0.227 e. The minimum absolute atomic E-state index is 0.00482. The van der Waals surface area contributed by atoms with E-state index in [-0.39, 0.29) is 72.5 Å². The third-order valence-electron chi connectivity index (χ3n) is 3.82. The Morgan fingerprint density at radius 3 is 1.28 bits per heavy atom. The van der Waals surface area contributed by atoms with Crippen LogP contribution >= 0.6 is 116 Å². The molecular formula is C17H2Cl10FN. The lowest BCUT2D eigenvalue weighted by Crippen LogP contribution is -1.95. The summed E-state index contributed by atoms with van der Waals surface area (Å²) in [5, 5.41) is -0.600. The van der Waals surface area contributed by atoms with E-state index in [2.05, 4.69) is 4.98 Å². The van der Waals surface area contributed by atoms with E-state index in [0.29, 0.717) is 0 Å². The third-order valence-corrected chi connectivity index (χ3v) is 8.37. The normalized spacial score (nSPS) is 11.3. The lowest BCUT2D eigenvalue weighted by Gasteiger charge is -2.16. The average molecular weight is 594 g/mol. The van der Waals surface area contributed by atoms with E-state index in [4.69, 9.17) is 116 Å². The summed E-state index contributed by atoms with van der Waals surface area (Å²) in [7, 11) is 0. The quantitative estimate of drug-likeness (QED) is 0.164. The van der Waals surface area contributed by atoms with Crippen molar-refractivity contribution in [2.24, 2.45) is 0 Å². The van der Waals surface area contributed by atoms with E-state index in [0.717, 1.165) is 0 Å². The fraction of sp³-hybridized carbons (Fsp3) is 0.